The van der Waals surface area contributed by atoms with Crippen molar-refractivity contribution in [2.75, 3.05) is 25.6 Å². The van der Waals surface area contributed by atoms with Crippen LogP contribution in [0.3, 0.4) is 0 Å². The van der Waals surface area contributed by atoms with Crippen LogP contribution in [0.1, 0.15) is 31.1 Å². The van der Waals surface area contributed by atoms with E-state index in [1.807, 2.05) is 0 Å². The Morgan fingerprint density at radius 1 is 1.28 bits per heavy atom. The number of hydrogen-bond donors (Lipinski definition) is 2. The Morgan fingerprint density at radius 3 is 2.52 bits per heavy atom. The normalized spacial score (nSPS) is 11.7. The molecule has 0 spiro atoms. The molecule has 1 aromatic carbocycles. The second-order valence-electron chi connectivity index (χ2n) is 5.62. The number of esters is 1. The van der Waals surface area contributed by atoms with Crippen LogP contribution in [0.4, 0.5) is 11.4 Å². The van der Waals surface area contributed by atoms with Gasteiger partial charge in [0.15, 0.2) is 6.10 Å². The number of nitrogens with one attached hydrogen (secondary N) is 2. The Bertz CT molecular complexity index is 632. The monoisotopic (exact) mass is 353 g/mol. The lowest BCUT2D eigenvalue weighted by molar-refractivity contribution is -0.384. The van der Waals surface area contributed by atoms with Crippen LogP contribution in [0, 0.1) is 10.1 Å². The average molecular weight is 353 g/mol. The molecule has 0 saturated heterocycles. The molecule has 1 atom stereocenters. The number of ether oxygens (including phenoxy) is 2. The summed E-state index contributed by atoms with van der Waals surface area (Å²) in [5.41, 5.74) is 0.0992. The summed E-state index contributed by atoms with van der Waals surface area (Å²) in [6, 6.07) is 3.71. The van der Waals surface area contributed by atoms with Crippen molar-refractivity contribution in [3.8, 4) is 0 Å². The molecule has 2 N–H and O–H groups in total. The molecule has 0 aliphatic carbocycles. The van der Waals surface area contributed by atoms with Gasteiger partial charge in [-0.2, -0.15) is 0 Å². The molecular weight excluding hydrogens is 330 g/mol. The van der Waals surface area contributed by atoms with Gasteiger partial charge >= 0.3 is 5.97 Å². The van der Waals surface area contributed by atoms with Gasteiger partial charge in [0.2, 0.25) is 0 Å². The summed E-state index contributed by atoms with van der Waals surface area (Å²) in [4.78, 5) is 34.6. The van der Waals surface area contributed by atoms with E-state index in [0.717, 1.165) is 6.07 Å². The van der Waals surface area contributed by atoms with E-state index in [9.17, 15) is 19.7 Å². The van der Waals surface area contributed by atoms with Crippen molar-refractivity contribution in [2.24, 2.45) is 0 Å². The first-order valence-corrected chi connectivity index (χ1v) is 7.78. The first kappa shape index (κ1) is 20.4. The van der Waals surface area contributed by atoms with E-state index in [2.05, 4.69) is 10.6 Å². The van der Waals surface area contributed by atoms with Crippen LogP contribution in [-0.4, -0.2) is 49.2 Å². The molecular formula is C16H23N3O6. The predicted molar refractivity (Wildman–Crippen MR) is 91.6 cm³/mol. The van der Waals surface area contributed by atoms with E-state index in [4.69, 9.17) is 9.47 Å². The summed E-state index contributed by atoms with van der Waals surface area (Å²) in [6.45, 7) is 5.79. The van der Waals surface area contributed by atoms with Gasteiger partial charge in [-0.1, -0.05) is 0 Å². The third-order valence-electron chi connectivity index (χ3n) is 3.14. The van der Waals surface area contributed by atoms with Gasteiger partial charge in [0.1, 0.15) is 0 Å². The van der Waals surface area contributed by atoms with Crippen molar-refractivity contribution in [1.29, 1.82) is 0 Å². The zero-order valence-electron chi connectivity index (χ0n) is 14.7. The van der Waals surface area contributed by atoms with Crippen LogP contribution in [0.15, 0.2) is 18.2 Å². The smallest absolute Gasteiger partial charge is 0.341 e. The van der Waals surface area contributed by atoms with Crippen LogP contribution in [0.25, 0.3) is 0 Å². The highest BCUT2D eigenvalue weighted by molar-refractivity contribution is 5.98. The number of nitro groups is 1. The Labute approximate surface area is 145 Å². The molecule has 9 nitrogen and oxygen atoms in total. The molecule has 0 unspecified atom stereocenters. The molecule has 1 amide bonds. The molecule has 9 heteroatoms. The molecule has 1 aromatic rings. The van der Waals surface area contributed by atoms with E-state index in [1.54, 1.807) is 13.8 Å². The number of rotatable bonds is 9. The molecule has 25 heavy (non-hydrogen) atoms. The van der Waals surface area contributed by atoms with E-state index < -0.39 is 22.9 Å². The maximum atomic E-state index is 12.4. The lowest BCUT2D eigenvalue weighted by Gasteiger charge is -2.17. The van der Waals surface area contributed by atoms with Gasteiger partial charge in [0.25, 0.3) is 11.6 Å². The van der Waals surface area contributed by atoms with Crippen molar-refractivity contribution in [3.63, 3.8) is 0 Å². The first-order valence-electron chi connectivity index (χ1n) is 7.78. The number of carbonyl (C=O) groups is 2. The summed E-state index contributed by atoms with van der Waals surface area (Å²) in [7, 11) is 1.53. The zero-order chi connectivity index (χ0) is 19.0. The van der Waals surface area contributed by atoms with Crippen LogP contribution in [0.2, 0.25) is 0 Å². The number of benzene rings is 1. The minimum absolute atomic E-state index is 0.0190. The average Bonchev–Trinajstić information content (AvgIpc) is 2.54. The molecule has 0 radical (unpaired) electrons. The van der Waals surface area contributed by atoms with E-state index in [-0.39, 0.29) is 17.3 Å². The molecule has 138 valence electrons. The summed E-state index contributed by atoms with van der Waals surface area (Å²) in [6.07, 6.45) is -1.03. The molecule has 1 rings (SSSR count). The van der Waals surface area contributed by atoms with Gasteiger partial charge < -0.3 is 20.1 Å². The summed E-state index contributed by atoms with van der Waals surface area (Å²) in [5.74, 6) is -1.27. The summed E-state index contributed by atoms with van der Waals surface area (Å²) >= 11 is 0. The van der Waals surface area contributed by atoms with E-state index >= 15 is 0 Å². The second-order valence-corrected chi connectivity index (χ2v) is 5.62. The predicted octanol–water partition coefficient (Wildman–Crippen LogP) is 1.72. The molecule has 0 heterocycles. The fraction of sp³-hybridized carbons (Fsp3) is 0.500. The number of nitro benzene ring substituents is 1. The number of nitrogens with zero attached hydrogens (tertiary/aromatic N) is 1. The van der Waals surface area contributed by atoms with Gasteiger partial charge in [-0.15, -0.1) is 0 Å². The van der Waals surface area contributed by atoms with Gasteiger partial charge in [-0.05, 0) is 26.8 Å². The van der Waals surface area contributed by atoms with E-state index in [1.165, 1.54) is 26.2 Å². The van der Waals surface area contributed by atoms with Crippen LogP contribution in [0.5, 0.6) is 0 Å². The van der Waals surface area contributed by atoms with Crippen molar-refractivity contribution < 1.29 is 24.0 Å². The quantitative estimate of drug-likeness (QED) is 0.300. The van der Waals surface area contributed by atoms with Crippen molar-refractivity contribution >= 4 is 23.3 Å². The Balaban J connectivity index is 2.97. The Hall–Kier alpha value is -2.68. The SMILES string of the molecule is COCCNc1ccc([N+](=O)[O-])cc1C(=O)O[C@H](C)C(=O)NC(C)C. The maximum absolute atomic E-state index is 12.4. The molecule has 0 bridgehead atoms. The third-order valence-corrected chi connectivity index (χ3v) is 3.14. The topological polar surface area (TPSA) is 120 Å². The largest absolute Gasteiger partial charge is 0.449 e. The highest BCUT2D eigenvalue weighted by Gasteiger charge is 2.23. The molecule has 0 aliphatic rings. The number of hydrogen-bond acceptors (Lipinski definition) is 7. The number of anilines is 1. The van der Waals surface area contributed by atoms with Crippen LogP contribution < -0.4 is 10.6 Å². The van der Waals surface area contributed by atoms with E-state index in [0.29, 0.717) is 18.8 Å². The van der Waals surface area contributed by atoms with Gasteiger partial charge in [0.05, 0.1) is 17.1 Å². The minimum atomic E-state index is -1.03. The second kappa shape index (κ2) is 9.58. The number of amides is 1. The first-order chi connectivity index (χ1) is 11.8. The van der Waals surface area contributed by atoms with Gasteiger partial charge in [-0.25, -0.2) is 4.79 Å². The number of carbonyl (C=O) groups excluding carboxylic acids is 2. The standard InChI is InChI=1S/C16H23N3O6/c1-10(2)18-15(20)11(3)25-16(21)13-9-12(19(22)23)5-6-14(13)17-7-8-24-4/h5-6,9-11,17H,7-8H2,1-4H3,(H,18,20)/t11-/m1/s1. The van der Waals surface area contributed by atoms with Crippen molar-refractivity contribution in [2.45, 2.75) is 32.9 Å². The highest BCUT2D eigenvalue weighted by atomic mass is 16.6. The van der Waals surface area contributed by atoms with Gasteiger partial charge in [0, 0.05) is 37.5 Å². The fourth-order valence-corrected chi connectivity index (χ4v) is 1.94. The Kier molecular flexibility index (Phi) is 7.80. The fourth-order valence-electron chi connectivity index (χ4n) is 1.94. The summed E-state index contributed by atoms with van der Waals surface area (Å²) in [5, 5.41) is 16.5. The molecule has 0 saturated carbocycles. The van der Waals surface area contributed by atoms with Crippen molar-refractivity contribution in [3.05, 3.63) is 33.9 Å². The molecule has 0 aromatic heterocycles. The zero-order valence-corrected chi connectivity index (χ0v) is 14.7. The van der Waals surface area contributed by atoms with Gasteiger partial charge in [-0.3, -0.25) is 14.9 Å². The third kappa shape index (κ3) is 6.38. The molecule has 0 aliphatic heterocycles. The lowest BCUT2D eigenvalue weighted by atomic mass is 10.1. The number of non-ortho nitro benzene ring substituents is 1. The highest BCUT2D eigenvalue weighted by Crippen LogP contribution is 2.23. The van der Waals surface area contributed by atoms with Crippen molar-refractivity contribution in [1.82, 2.24) is 5.32 Å². The summed E-state index contributed by atoms with van der Waals surface area (Å²) < 4.78 is 10.1. The minimum Gasteiger partial charge on any atom is -0.449 e. The molecule has 0 fully saturated rings. The maximum Gasteiger partial charge on any atom is 0.341 e. The van der Waals surface area contributed by atoms with Crippen LogP contribution >= 0.6 is 0 Å². The number of methoxy groups -OCH3 is 1. The Morgan fingerprint density at radius 2 is 1.96 bits per heavy atom. The lowest BCUT2D eigenvalue weighted by Crippen LogP contribution is -2.39. The van der Waals surface area contributed by atoms with Crippen LogP contribution in [-0.2, 0) is 14.3 Å².